The van der Waals surface area contributed by atoms with E-state index in [9.17, 15) is 20.1 Å². The highest BCUT2D eigenvalue weighted by molar-refractivity contribution is 5.88. The van der Waals surface area contributed by atoms with Gasteiger partial charge in [0.15, 0.2) is 12.4 Å². The fourth-order valence-electron chi connectivity index (χ4n) is 1.49. The van der Waals surface area contributed by atoms with Crippen molar-refractivity contribution in [2.24, 2.45) is 0 Å². The molecule has 0 atom stereocenters. The monoisotopic (exact) mass is 274 g/mol. The molecule has 0 unspecified atom stereocenters. The van der Waals surface area contributed by atoms with Gasteiger partial charge < -0.3 is 9.94 Å². The van der Waals surface area contributed by atoms with Crippen LogP contribution in [0.1, 0.15) is 15.9 Å². The molecule has 102 valence electrons. The fourth-order valence-corrected chi connectivity index (χ4v) is 1.49. The third kappa shape index (κ3) is 3.29. The van der Waals surface area contributed by atoms with Gasteiger partial charge in [-0.1, -0.05) is 0 Å². The third-order valence-corrected chi connectivity index (χ3v) is 2.55. The largest absolute Gasteiger partial charge is 0.619 e. The normalized spacial score (nSPS) is 10.0. The number of aromatic nitrogens is 1. The minimum atomic E-state index is -0.566. The molecule has 0 radical (unpaired) electrons. The van der Waals surface area contributed by atoms with Crippen LogP contribution in [0.25, 0.3) is 0 Å². The van der Waals surface area contributed by atoms with Crippen molar-refractivity contribution in [3.63, 3.8) is 0 Å². The van der Waals surface area contributed by atoms with Crippen molar-refractivity contribution in [1.82, 2.24) is 0 Å². The van der Waals surface area contributed by atoms with Gasteiger partial charge in [-0.2, -0.15) is 4.73 Å². The number of hydrogen-bond donors (Lipinski definition) is 0. The van der Waals surface area contributed by atoms with Crippen molar-refractivity contribution in [2.75, 3.05) is 0 Å². The highest BCUT2D eigenvalue weighted by Crippen LogP contribution is 2.13. The van der Waals surface area contributed by atoms with Crippen LogP contribution in [-0.4, -0.2) is 10.9 Å². The number of nitro groups is 1. The van der Waals surface area contributed by atoms with Gasteiger partial charge in [0.25, 0.3) is 5.69 Å². The number of nitro benzene ring substituents is 1. The molecule has 1 aromatic heterocycles. The minimum Gasteiger partial charge on any atom is -0.619 e. The Morgan fingerprint density at radius 2 is 1.75 bits per heavy atom. The molecule has 1 aromatic carbocycles. The molecule has 2 aromatic rings. The summed E-state index contributed by atoms with van der Waals surface area (Å²) in [5.41, 5.74) is 0.876. The van der Waals surface area contributed by atoms with Gasteiger partial charge in [-0.05, 0) is 17.7 Å². The molecule has 7 heteroatoms. The van der Waals surface area contributed by atoms with E-state index in [4.69, 9.17) is 4.74 Å². The number of esters is 1. The summed E-state index contributed by atoms with van der Waals surface area (Å²) in [4.78, 5) is 21.6. The lowest BCUT2D eigenvalue weighted by Gasteiger charge is -2.04. The Morgan fingerprint density at radius 3 is 2.30 bits per heavy atom. The number of benzene rings is 1. The zero-order valence-corrected chi connectivity index (χ0v) is 10.3. The van der Waals surface area contributed by atoms with Crippen LogP contribution in [-0.2, 0) is 11.3 Å². The molecule has 0 saturated heterocycles. The standard InChI is InChI=1S/C13H10N2O5/c16-13(11-5-7-14(17)8-6-11)20-9-10-1-3-12(4-2-10)15(18)19/h1-8H,9H2. The molecule has 0 saturated carbocycles. The van der Waals surface area contributed by atoms with Crippen molar-refractivity contribution in [3.05, 3.63) is 75.2 Å². The average Bonchev–Trinajstić information content (AvgIpc) is 2.46. The number of ether oxygens (including phenoxy) is 1. The van der Waals surface area contributed by atoms with Gasteiger partial charge in [-0.25, -0.2) is 4.79 Å². The molecule has 0 spiro atoms. The van der Waals surface area contributed by atoms with Crippen molar-refractivity contribution >= 4 is 11.7 Å². The summed E-state index contributed by atoms with van der Waals surface area (Å²) in [6, 6.07) is 8.42. The zero-order valence-electron chi connectivity index (χ0n) is 10.3. The predicted octanol–water partition coefficient (Wildman–Crippen LogP) is 1.59. The van der Waals surface area contributed by atoms with Crippen LogP contribution in [0.5, 0.6) is 0 Å². The fraction of sp³-hybridized carbons (Fsp3) is 0.0769. The average molecular weight is 274 g/mol. The topological polar surface area (TPSA) is 96.4 Å². The molecule has 0 N–H and O–H groups in total. The number of pyridine rings is 1. The Kier molecular flexibility index (Phi) is 3.90. The summed E-state index contributed by atoms with van der Waals surface area (Å²) >= 11 is 0. The lowest BCUT2D eigenvalue weighted by molar-refractivity contribution is -0.605. The highest BCUT2D eigenvalue weighted by Gasteiger charge is 2.09. The van der Waals surface area contributed by atoms with Gasteiger partial charge in [-0.15, -0.1) is 0 Å². The second-order valence-electron chi connectivity index (χ2n) is 3.95. The molecule has 1 heterocycles. The molecule has 0 aliphatic heterocycles. The van der Waals surface area contributed by atoms with E-state index in [1.54, 1.807) is 0 Å². The van der Waals surface area contributed by atoms with Gasteiger partial charge in [0.05, 0.1) is 10.5 Å². The van der Waals surface area contributed by atoms with Crippen LogP contribution in [0.2, 0.25) is 0 Å². The van der Waals surface area contributed by atoms with E-state index >= 15 is 0 Å². The Bertz CT molecular complexity index is 622. The lowest BCUT2D eigenvalue weighted by atomic mass is 10.2. The van der Waals surface area contributed by atoms with Crippen LogP contribution in [0, 0.1) is 15.3 Å². The van der Waals surface area contributed by atoms with Gasteiger partial charge in [0.1, 0.15) is 6.61 Å². The van der Waals surface area contributed by atoms with Crippen molar-refractivity contribution in [1.29, 1.82) is 0 Å². The van der Waals surface area contributed by atoms with E-state index < -0.39 is 10.9 Å². The van der Waals surface area contributed by atoms with Crippen molar-refractivity contribution < 1.29 is 19.2 Å². The first-order valence-electron chi connectivity index (χ1n) is 5.65. The molecule has 20 heavy (non-hydrogen) atoms. The van der Waals surface area contributed by atoms with E-state index in [2.05, 4.69) is 0 Å². The van der Waals surface area contributed by atoms with Crippen LogP contribution in [0.4, 0.5) is 5.69 Å². The number of nitrogens with zero attached hydrogens (tertiary/aromatic N) is 2. The van der Waals surface area contributed by atoms with Crippen molar-refractivity contribution in [3.8, 4) is 0 Å². The summed E-state index contributed by atoms with van der Waals surface area (Å²) in [7, 11) is 0. The molecule has 0 amide bonds. The highest BCUT2D eigenvalue weighted by atomic mass is 16.6. The minimum absolute atomic E-state index is 0.00307. The SMILES string of the molecule is O=C(OCc1ccc([N+](=O)[O-])cc1)c1cc[n+]([O-])cc1. The first-order valence-corrected chi connectivity index (χ1v) is 5.65. The molecular weight excluding hydrogens is 264 g/mol. The van der Waals surface area contributed by atoms with Crippen LogP contribution in [0.15, 0.2) is 48.8 Å². The molecule has 0 fully saturated rings. The maximum atomic E-state index is 11.7. The Morgan fingerprint density at radius 1 is 1.15 bits per heavy atom. The predicted molar refractivity (Wildman–Crippen MR) is 67.6 cm³/mol. The molecule has 0 aliphatic rings. The smallest absolute Gasteiger partial charge is 0.338 e. The van der Waals surface area contributed by atoms with Crippen LogP contribution < -0.4 is 4.73 Å². The summed E-state index contributed by atoms with van der Waals surface area (Å²) in [5.74, 6) is -0.566. The third-order valence-electron chi connectivity index (χ3n) is 2.55. The summed E-state index contributed by atoms with van der Waals surface area (Å²) < 4.78 is 5.60. The van der Waals surface area contributed by atoms with Crippen LogP contribution >= 0.6 is 0 Å². The molecule has 0 bridgehead atoms. The first-order chi connectivity index (χ1) is 9.56. The number of carbonyl (C=O) groups excluding carboxylic acids is 1. The molecule has 2 rings (SSSR count). The first kappa shape index (κ1) is 13.5. The number of rotatable bonds is 4. The number of carbonyl (C=O) groups is 1. The summed E-state index contributed by atoms with van der Waals surface area (Å²) in [6.45, 7) is 0.00307. The summed E-state index contributed by atoms with van der Waals surface area (Å²) in [5, 5.41) is 21.3. The molecule has 7 nitrogen and oxygen atoms in total. The van der Waals surface area contributed by atoms with E-state index in [0.29, 0.717) is 10.3 Å². The second kappa shape index (κ2) is 5.79. The Hall–Kier alpha value is -2.96. The Labute approximate surface area is 113 Å². The maximum Gasteiger partial charge on any atom is 0.338 e. The second-order valence-corrected chi connectivity index (χ2v) is 3.95. The van der Waals surface area contributed by atoms with E-state index in [1.807, 2.05) is 0 Å². The van der Waals surface area contributed by atoms with Gasteiger partial charge in [-0.3, -0.25) is 10.1 Å². The van der Waals surface area contributed by atoms with Crippen LogP contribution in [0.3, 0.4) is 0 Å². The van der Waals surface area contributed by atoms with E-state index in [1.165, 1.54) is 48.8 Å². The molecular formula is C13H10N2O5. The Balaban J connectivity index is 1.96. The maximum absolute atomic E-state index is 11.7. The number of hydrogen-bond acceptors (Lipinski definition) is 5. The van der Waals surface area contributed by atoms with E-state index in [0.717, 1.165) is 0 Å². The van der Waals surface area contributed by atoms with Gasteiger partial charge >= 0.3 is 5.97 Å². The zero-order chi connectivity index (χ0) is 14.5. The van der Waals surface area contributed by atoms with E-state index in [-0.39, 0.29) is 17.9 Å². The van der Waals surface area contributed by atoms with Gasteiger partial charge in [0.2, 0.25) is 0 Å². The van der Waals surface area contributed by atoms with Gasteiger partial charge in [0, 0.05) is 24.3 Å². The molecule has 0 aliphatic carbocycles. The number of non-ortho nitro benzene ring substituents is 1. The quantitative estimate of drug-likeness (QED) is 0.277. The summed E-state index contributed by atoms with van der Waals surface area (Å²) in [6.07, 6.45) is 2.39. The lowest BCUT2D eigenvalue weighted by Crippen LogP contribution is -2.24. The van der Waals surface area contributed by atoms with Crippen molar-refractivity contribution in [2.45, 2.75) is 6.61 Å².